The Morgan fingerprint density at radius 2 is 2.29 bits per heavy atom. The zero-order valence-corrected chi connectivity index (χ0v) is 12.0. The topological polar surface area (TPSA) is 72.7 Å². The molecule has 1 N–H and O–H groups in total. The molecule has 0 fully saturated rings. The van der Waals surface area contributed by atoms with Gasteiger partial charge in [-0.15, -0.1) is 11.3 Å². The summed E-state index contributed by atoms with van der Waals surface area (Å²) in [6.07, 6.45) is 5.37. The molecule has 0 spiro atoms. The molecule has 21 heavy (non-hydrogen) atoms. The van der Waals surface area contributed by atoms with E-state index < -0.39 is 0 Å². The Labute approximate surface area is 125 Å². The van der Waals surface area contributed by atoms with E-state index in [9.17, 15) is 4.79 Å². The fourth-order valence-electron chi connectivity index (χ4n) is 1.92. The van der Waals surface area contributed by atoms with Gasteiger partial charge >= 0.3 is 0 Å². The van der Waals surface area contributed by atoms with Crippen LogP contribution in [-0.2, 0) is 6.42 Å². The standard InChI is InChI=1S/C14H13N5OS/c20-14(17-7-5-11-3-2-8-21-11)12-4-1-6-16-13(12)19-10-15-9-18-19/h1-4,6,8-10H,5,7H2,(H,17,20). The van der Waals surface area contributed by atoms with Crippen molar-refractivity contribution in [2.24, 2.45) is 0 Å². The van der Waals surface area contributed by atoms with Gasteiger partial charge in [0.25, 0.3) is 5.91 Å². The summed E-state index contributed by atoms with van der Waals surface area (Å²) in [6.45, 7) is 0.588. The monoisotopic (exact) mass is 299 g/mol. The zero-order chi connectivity index (χ0) is 14.5. The average molecular weight is 299 g/mol. The fourth-order valence-corrected chi connectivity index (χ4v) is 2.63. The summed E-state index contributed by atoms with van der Waals surface area (Å²) in [5, 5.41) is 8.95. The second kappa shape index (κ2) is 6.27. The molecule has 0 aliphatic heterocycles. The Kier molecular flexibility index (Phi) is 4.02. The molecule has 0 aromatic carbocycles. The molecule has 0 saturated carbocycles. The number of pyridine rings is 1. The first-order valence-corrected chi connectivity index (χ1v) is 7.33. The van der Waals surface area contributed by atoms with Crippen molar-refractivity contribution in [2.75, 3.05) is 6.54 Å². The number of thiophene rings is 1. The van der Waals surface area contributed by atoms with E-state index >= 15 is 0 Å². The summed E-state index contributed by atoms with van der Waals surface area (Å²) >= 11 is 1.69. The van der Waals surface area contributed by atoms with E-state index in [1.54, 1.807) is 29.7 Å². The smallest absolute Gasteiger partial charge is 0.255 e. The maximum absolute atomic E-state index is 12.3. The number of nitrogens with zero attached hydrogens (tertiary/aromatic N) is 4. The Bertz CT molecular complexity index is 709. The fraction of sp³-hybridized carbons (Fsp3) is 0.143. The number of nitrogens with one attached hydrogen (secondary N) is 1. The van der Waals surface area contributed by atoms with E-state index in [0.29, 0.717) is 17.9 Å². The van der Waals surface area contributed by atoms with Gasteiger partial charge in [-0.3, -0.25) is 4.79 Å². The van der Waals surface area contributed by atoms with Crippen LogP contribution in [0.5, 0.6) is 0 Å². The second-order valence-electron chi connectivity index (χ2n) is 4.30. The minimum atomic E-state index is -0.162. The highest BCUT2D eigenvalue weighted by molar-refractivity contribution is 7.09. The van der Waals surface area contributed by atoms with E-state index in [1.807, 2.05) is 11.4 Å². The van der Waals surface area contributed by atoms with Crippen molar-refractivity contribution < 1.29 is 4.79 Å². The third-order valence-electron chi connectivity index (χ3n) is 2.90. The quantitative estimate of drug-likeness (QED) is 0.778. The Balaban J connectivity index is 1.70. The SMILES string of the molecule is O=C(NCCc1cccs1)c1cccnc1-n1cncn1. The van der Waals surface area contributed by atoms with Crippen LogP contribution in [0.15, 0.2) is 48.5 Å². The van der Waals surface area contributed by atoms with Gasteiger partial charge in [0.1, 0.15) is 12.7 Å². The molecule has 3 rings (SSSR count). The van der Waals surface area contributed by atoms with Gasteiger partial charge in [-0.05, 0) is 30.0 Å². The number of hydrogen-bond donors (Lipinski definition) is 1. The molecule has 0 aliphatic rings. The number of rotatable bonds is 5. The molecular weight excluding hydrogens is 286 g/mol. The van der Waals surface area contributed by atoms with Gasteiger partial charge in [-0.1, -0.05) is 6.07 Å². The molecule has 3 heterocycles. The lowest BCUT2D eigenvalue weighted by atomic mass is 10.2. The highest BCUT2D eigenvalue weighted by atomic mass is 32.1. The van der Waals surface area contributed by atoms with Crippen LogP contribution in [0.4, 0.5) is 0 Å². The van der Waals surface area contributed by atoms with Crippen molar-refractivity contribution in [3.8, 4) is 5.82 Å². The number of amides is 1. The highest BCUT2D eigenvalue weighted by Crippen LogP contribution is 2.10. The molecule has 3 aromatic heterocycles. The van der Waals surface area contributed by atoms with Crippen LogP contribution < -0.4 is 5.32 Å². The molecule has 0 atom stereocenters. The molecule has 0 bridgehead atoms. The number of carbonyl (C=O) groups excluding carboxylic acids is 1. The largest absolute Gasteiger partial charge is 0.352 e. The lowest BCUT2D eigenvalue weighted by Crippen LogP contribution is -2.27. The molecule has 6 nitrogen and oxygen atoms in total. The molecular formula is C14H13N5OS. The van der Waals surface area contributed by atoms with Crippen LogP contribution in [0.25, 0.3) is 5.82 Å². The molecule has 7 heteroatoms. The first-order valence-electron chi connectivity index (χ1n) is 6.45. The maximum Gasteiger partial charge on any atom is 0.255 e. The van der Waals surface area contributed by atoms with Crippen molar-refractivity contribution >= 4 is 17.2 Å². The summed E-state index contributed by atoms with van der Waals surface area (Å²) in [5.74, 6) is 0.314. The zero-order valence-electron chi connectivity index (χ0n) is 11.1. The first kappa shape index (κ1) is 13.4. The summed E-state index contributed by atoms with van der Waals surface area (Å²) < 4.78 is 1.48. The van der Waals surface area contributed by atoms with E-state index in [2.05, 4.69) is 26.4 Å². The molecule has 0 unspecified atom stereocenters. The number of hydrogen-bond acceptors (Lipinski definition) is 5. The number of carbonyl (C=O) groups is 1. The van der Waals surface area contributed by atoms with Crippen molar-refractivity contribution in [3.05, 3.63) is 58.9 Å². The minimum Gasteiger partial charge on any atom is -0.352 e. The molecule has 3 aromatic rings. The normalized spacial score (nSPS) is 10.5. The van der Waals surface area contributed by atoms with Crippen LogP contribution >= 0.6 is 11.3 Å². The van der Waals surface area contributed by atoms with Crippen molar-refractivity contribution in [1.82, 2.24) is 25.1 Å². The van der Waals surface area contributed by atoms with Crippen LogP contribution in [0, 0.1) is 0 Å². The van der Waals surface area contributed by atoms with Crippen LogP contribution in [-0.4, -0.2) is 32.2 Å². The van der Waals surface area contributed by atoms with Crippen LogP contribution in [0.2, 0.25) is 0 Å². The maximum atomic E-state index is 12.3. The molecule has 0 aliphatic carbocycles. The molecule has 106 valence electrons. The van der Waals surface area contributed by atoms with Crippen molar-refractivity contribution in [3.63, 3.8) is 0 Å². The first-order chi connectivity index (χ1) is 10.3. The lowest BCUT2D eigenvalue weighted by molar-refractivity contribution is 0.0953. The average Bonchev–Trinajstić information content (AvgIpc) is 3.20. The third kappa shape index (κ3) is 3.14. The van der Waals surface area contributed by atoms with Crippen LogP contribution in [0.1, 0.15) is 15.2 Å². The summed E-state index contributed by atoms with van der Waals surface area (Å²) in [4.78, 5) is 21.6. The predicted molar refractivity (Wildman–Crippen MR) is 79.5 cm³/mol. The Morgan fingerprint density at radius 3 is 3.05 bits per heavy atom. The third-order valence-corrected chi connectivity index (χ3v) is 3.84. The van der Waals surface area contributed by atoms with E-state index in [0.717, 1.165) is 6.42 Å². The predicted octanol–water partition coefficient (Wildman–Crippen LogP) is 1.70. The lowest BCUT2D eigenvalue weighted by Gasteiger charge is -2.08. The summed E-state index contributed by atoms with van der Waals surface area (Å²) in [5.41, 5.74) is 0.481. The van der Waals surface area contributed by atoms with E-state index in [4.69, 9.17) is 0 Å². The van der Waals surface area contributed by atoms with Gasteiger partial charge in [0.05, 0.1) is 5.56 Å². The number of aromatic nitrogens is 4. The highest BCUT2D eigenvalue weighted by Gasteiger charge is 2.13. The van der Waals surface area contributed by atoms with Gasteiger partial charge in [-0.2, -0.15) is 5.10 Å². The summed E-state index contributed by atoms with van der Waals surface area (Å²) in [7, 11) is 0. The minimum absolute atomic E-state index is 0.162. The van der Waals surface area contributed by atoms with Gasteiger partial charge in [0.2, 0.25) is 0 Å². The van der Waals surface area contributed by atoms with Crippen molar-refractivity contribution in [1.29, 1.82) is 0 Å². The van der Waals surface area contributed by atoms with Gasteiger partial charge < -0.3 is 5.32 Å². The molecule has 1 amide bonds. The summed E-state index contributed by atoms with van der Waals surface area (Å²) in [6, 6.07) is 7.52. The second-order valence-corrected chi connectivity index (χ2v) is 5.33. The molecule has 0 radical (unpaired) electrons. The Morgan fingerprint density at radius 1 is 1.33 bits per heavy atom. The van der Waals surface area contributed by atoms with Crippen LogP contribution in [0.3, 0.4) is 0 Å². The van der Waals surface area contributed by atoms with Gasteiger partial charge in [0, 0.05) is 17.6 Å². The van der Waals surface area contributed by atoms with E-state index in [1.165, 1.54) is 22.2 Å². The molecule has 0 saturated heterocycles. The van der Waals surface area contributed by atoms with Gasteiger partial charge in [0.15, 0.2) is 5.82 Å². The van der Waals surface area contributed by atoms with Gasteiger partial charge in [-0.25, -0.2) is 14.6 Å². The van der Waals surface area contributed by atoms with Crippen molar-refractivity contribution in [2.45, 2.75) is 6.42 Å². The Hall–Kier alpha value is -2.54. The van der Waals surface area contributed by atoms with E-state index in [-0.39, 0.29) is 5.91 Å².